The van der Waals surface area contributed by atoms with Gasteiger partial charge in [0.1, 0.15) is 5.82 Å². The molecule has 1 aliphatic heterocycles. The lowest BCUT2D eigenvalue weighted by atomic mass is 9.97. The summed E-state index contributed by atoms with van der Waals surface area (Å²) in [7, 11) is 0. The molecule has 5 nitrogen and oxygen atoms in total. The maximum absolute atomic E-state index is 13.0. The van der Waals surface area contributed by atoms with E-state index in [9.17, 15) is 14.0 Å². The second kappa shape index (κ2) is 6.89. The number of carbonyl (C=O) groups excluding carboxylic acids is 2. The van der Waals surface area contributed by atoms with Crippen molar-refractivity contribution >= 4 is 11.8 Å². The van der Waals surface area contributed by atoms with E-state index in [4.69, 9.17) is 5.73 Å². The largest absolute Gasteiger partial charge is 0.339 e. The van der Waals surface area contributed by atoms with E-state index >= 15 is 0 Å². The summed E-state index contributed by atoms with van der Waals surface area (Å²) >= 11 is 0. The van der Waals surface area contributed by atoms with Crippen LogP contribution in [-0.2, 0) is 4.79 Å². The highest BCUT2D eigenvalue weighted by Gasteiger charge is 2.40. The van der Waals surface area contributed by atoms with Crippen LogP contribution in [0.2, 0.25) is 0 Å². The van der Waals surface area contributed by atoms with E-state index in [1.165, 1.54) is 24.3 Å². The molecule has 3 rings (SSSR count). The third kappa shape index (κ3) is 3.43. The van der Waals surface area contributed by atoms with Crippen molar-refractivity contribution in [3.05, 3.63) is 35.6 Å². The predicted molar refractivity (Wildman–Crippen MR) is 88.9 cm³/mol. The SMILES string of the molecule is NC1(C(=O)N2CCCN(C(=O)c3ccc(F)cc3)CC2)CCCC1. The van der Waals surface area contributed by atoms with Crippen LogP contribution in [0.1, 0.15) is 42.5 Å². The summed E-state index contributed by atoms with van der Waals surface area (Å²) in [5, 5.41) is 0. The number of halogens is 1. The second-order valence-electron chi connectivity index (χ2n) is 6.81. The van der Waals surface area contributed by atoms with Gasteiger partial charge in [0.25, 0.3) is 5.91 Å². The minimum atomic E-state index is -0.712. The van der Waals surface area contributed by atoms with Crippen LogP contribution in [0.15, 0.2) is 24.3 Å². The summed E-state index contributed by atoms with van der Waals surface area (Å²) in [4.78, 5) is 28.8. The molecule has 2 amide bonds. The minimum Gasteiger partial charge on any atom is -0.339 e. The molecule has 1 aromatic rings. The van der Waals surface area contributed by atoms with Crippen LogP contribution in [-0.4, -0.2) is 53.3 Å². The van der Waals surface area contributed by atoms with Crippen LogP contribution in [0.5, 0.6) is 0 Å². The average molecular weight is 333 g/mol. The molecule has 2 N–H and O–H groups in total. The van der Waals surface area contributed by atoms with E-state index in [1.54, 1.807) is 4.90 Å². The van der Waals surface area contributed by atoms with Crippen LogP contribution >= 0.6 is 0 Å². The van der Waals surface area contributed by atoms with Crippen LogP contribution in [0, 0.1) is 5.82 Å². The summed E-state index contributed by atoms with van der Waals surface area (Å²) in [5.74, 6) is -0.451. The van der Waals surface area contributed by atoms with Gasteiger partial charge in [-0.05, 0) is 43.5 Å². The number of hydrogen-bond acceptors (Lipinski definition) is 3. The average Bonchev–Trinajstić information content (AvgIpc) is 2.89. The minimum absolute atomic E-state index is 0.0241. The van der Waals surface area contributed by atoms with E-state index in [0.717, 1.165) is 32.1 Å². The molecule has 0 spiro atoms. The van der Waals surface area contributed by atoms with E-state index in [-0.39, 0.29) is 17.6 Å². The van der Waals surface area contributed by atoms with Crippen LogP contribution in [0.3, 0.4) is 0 Å². The first kappa shape index (κ1) is 16.9. The van der Waals surface area contributed by atoms with Crippen molar-refractivity contribution in [2.75, 3.05) is 26.2 Å². The van der Waals surface area contributed by atoms with Crippen molar-refractivity contribution in [1.29, 1.82) is 0 Å². The Balaban J connectivity index is 1.63. The summed E-state index contributed by atoms with van der Waals surface area (Å²) < 4.78 is 13.0. The number of hydrogen-bond donors (Lipinski definition) is 1. The van der Waals surface area contributed by atoms with Gasteiger partial charge in [0.2, 0.25) is 5.91 Å². The van der Waals surface area contributed by atoms with Crippen LogP contribution in [0.4, 0.5) is 4.39 Å². The highest BCUT2D eigenvalue weighted by atomic mass is 19.1. The smallest absolute Gasteiger partial charge is 0.253 e. The molecule has 0 unspecified atom stereocenters. The predicted octanol–water partition coefficient (Wildman–Crippen LogP) is 1.77. The maximum atomic E-state index is 13.0. The molecule has 2 fully saturated rings. The molecule has 1 saturated heterocycles. The van der Waals surface area contributed by atoms with Crippen molar-refractivity contribution in [3.63, 3.8) is 0 Å². The Morgan fingerprint density at radius 2 is 1.50 bits per heavy atom. The Hall–Kier alpha value is -1.95. The molecular weight excluding hydrogens is 309 g/mol. The fraction of sp³-hybridized carbons (Fsp3) is 0.556. The Morgan fingerprint density at radius 3 is 2.17 bits per heavy atom. The molecule has 2 aliphatic rings. The van der Waals surface area contributed by atoms with Crippen LogP contribution < -0.4 is 5.73 Å². The number of nitrogens with zero attached hydrogens (tertiary/aromatic N) is 2. The highest BCUT2D eigenvalue weighted by molar-refractivity contribution is 5.94. The lowest BCUT2D eigenvalue weighted by Crippen LogP contribution is -2.54. The maximum Gasteiger partial charge on any atom is 0.253 e. The molecule has 1 saturated carbocycles. The molecule has 0 bridgehead atoms. The fourth-order valence-electron chi connectivity index (χ4n) is 3.63. The van der Waals surface area contributed by atoms with Gasteiger partial charge in [-0.1, -0.05) is 12.8 Å². The number of benzene rings is 1. The number of amides is 2. The second-order valence-corrected chi connectivity index (χ2v) is 6.81. The van der Waals surface area contributed by atoms with Gasteiger partial charge in [-0.2, -0.15) is 0 Å². The molecule has 1 aromatic carbocycles. The first-order chi connectivity index (χ1) is 11.5. The molecule has 130 valence electrons. The van der Waals surface area contributed by atoms with Crippen molar-refractivity contribution in [2.24, 2.45) is 5.73 Å². The summed E-state index contributed by atoms with van der Waals surface area (Å²) in [6.45, 7) is 2.21. The highest BCUT2D eigenvalue weighted by Crippen LogP contribution is 2.29. The molecule has 6 heteroatoms. The monoisotopic (exact) mass is 333 g/mol. The standard InChI is InChI=1S/C18H24FN3O2/c19-15-6-4-14(5-7-15)16(23)21-10-3-11-22(13-12-21)17(24)18(20)8-1-2-9-18/h4-7H,1-3,8-13,20H2. The molecule has 1 aliphatic carbocycles. The van der Waals surface area contributed by atoms with E-state index in [2.05, 4.69) is 0 Å². The molecule has 0 atom stereocenters. The molecular formula is C18H24FN3O2. The van der Waals surface area contributed by atoms with Crippen molar-refractivity contribution < 1.29 is 14.0 Å². The van der Waals surface area contributed by atoms with Crippen LogP contribution in [0.25, 0.3) is 0 Å². The normalized spacial score (nSPS) is 20.8. The first-order valence-corrected chi connectivity index (χ1v) is 8.63. The Morgan fingerprint density at radius 1 is 0.917 bits per heavy atom. The Bertz CT molecular complexity index is 611. The quantitative estimate of drug-likeness (QED) is 0.897. The van der Waals surface area contributed by atoms with E-state index in [1.807, 2.05) is 4.90 Å². The molecule has 0 aromatic heterocycles. The summed E-state index contributed by atoms with van der Waals surface area (Å²) in [5.41, 5.74) is 6.04. The van der Waals surface area contributed by atoms with Gasteiger partial charge >= 0.3 is 0 Å². The lowest BCUT2D eigenvalue weighted by Gasteiger charge is -2.30. The van der Waals surface area contributed by atoms with Gasteiger partial charge < -0.3 is 15.5 Å². The van der Waals surface area contributed by atoms with E-state index < -0.39 is 5.54 Å². The summed E-state index contributed by atoms with van der Waals surface area (Å²) in [6.07, 6.45) is 4.24. The zero-order chi connectivity index (χ0) is 17.2. The van der Waals surface area contributed by atoms with E-state index in [0.29, 0.717) is 31.7 Å². The third-order valence-corrected chi connectivity index (χ3v) is 5.08. The Labute approximate surface area is 141 Å². The zero-order valence-electron chi connectivity index (χ0n) is 13.8. The lowest BCUT2D eigenvalue weighted by molar-refractivity contribution is -0.136. The first-order valence-electron chi connectivity index (χ1n) is 8.63. The van der Waals surface area contributed by atoms with Crippen molar-refractivity contribution in [3.8, 4) is 0 Å². The van der Waals surface area contributed by atoms with Gasteiger partial charge in [0.05, 0.1) is 5.54 Å². The number of rotatable bonds is 2. The van der Waals surface area contributed by atoms with Crippen molar-refractivity contribution in [1.82, 2.24) is 9.80 Å². The van der Waals surface area contributed by atoms with Crippen molar-refractivity contribution in [2.45, 2.75) is 37.6 Å². The Kier molecular flexibility index (Phi) is 4.85. The number of carbonyl (C=O) groups is 2. The summed E-state index contributed by atoms with van der Waals surface area (Å²) in [6, 6.07) is 5.58. The van der Waals surface area contributed by atoms with Gasteiger partial charge in [-0.25, -0.2) is 4.39 Å². The zero-order valence-corrected chi connectivity index (χ0v) is 13.8. The molecule has 24 heavy (non-hydrogen) atoms. The molecule has 0 radical (unpaired) electrons. The third-order valence-electron chi connectivity index (χ3n) is 5.08. The van der Waals surface area contributed by atoms with Gasteiger partial charge in [0.15, 0.2) is 0 Å². The fourth-order valence-corrected chi connectivity index (χ4v) is 3.63. The molecule has 1 heterocycles. The number of nitrogens with two attached hydrogens (primary N) is 1. The van der Waals surface area contributed by atoms with Gasteiger partial charge in [-0.15, -0.1) is 0 Å². The van der Waals surface area contributed by atoms with Gasteiger partial charge in [0, 0.05) is 31.7 Å². The topological polar surface area (TPSA) is 66.6 Å². The van der Waals surface area contributed by atoms with Gasteiger partial charge in [-0.3, -0.25) is 9.59 Å².